The Morgan fingerprint density at radius 2 is 1.57 bits per heavy atom. The van der Waals surface area contributed by atoms with Crippen LogP contribution in [-0.4, -0.2) is 77.9 Å². The summed E-state index contributed by atoms with van der Waals surface area (Å²) in [5.74, 6) is 0.193. The fraction of sp³-hybridized carbons (Fsp3) is 0.550. The van der Waals surface area contributed by atoms with Crippen molar-refractivity contribution in [2.45, 2.75) is 25.8 Å². The van der Waals surface area contributed by atoms with Gasteiger partial charge in [-0.2, -0.15) is 0 Å². The van der Waals surface area contributed by atoms with Crippen LogP contribution in [0.3, 0.4) is 0 Å². The van der Waals surface area contributed by atoms with Crippen molar-refractivity contribution in [1.29, 1.82) is 0 Å². The van der Waals surface area contributed by atoms with Crippen LogP contribution in [0.15, 0.2) is 30.3 Å². The number of amides is 3. The highest BCUT2D eigenvalue weighted by molar-refractivity contribution is 5.82. The Bertz CT molecular complexity index is 695. The normalized spacial score (nSPS) is 19.9. The summed E-state index contributed by atoms with van der Waals surface area (Å²) >= 11 is 0. The molecular weight excluding hydrogens is 360 g/mol. The van der Waals surface area contributed by atoms with Crippen molar-refractivity contribution >= 4 is 17.9 Å². The molecule has 1 unspecified atom stereocenters. The second-order valence-electron chi connectivity index (χ2n) is 7.38. The number of hydrogen-bond donors (Lipinski definition) is 1. The van der Waals surface area contributed by atoms with Crippen LogP contribution < -0.4 is 10.5 Å². The van der Waals surface area contributed by atoms with Gasteiger partial charge >= 0.3 is 6.09 Å². The Morgan fingerprint density at radius 3 is 2.14 bits per heavy atom. The fourth-order valence-electron chi connectivity index (χ4n) is 3.75. The van der Waals surface area contributed by atoms with Crippen molar-refractivity contribution in [1.82, 2.24) is 14.7 Å². The number of likely N-dealkylation sites (tertiary alicyclic amines) is 1. The minimum atomic E-state index is -0.363. The minimum Gasteiger partial charge on any atom is -0.410 e. The molecule has 0 aliphatic carbocycles. The van der Waals surface area contributed by atoms with Gasteiger partial charge in [0.25, 0.3) is 0 Å². The quantitative estimate of drug-likeness (QED) is 0.827. The molecular formula is C20H28N4O4. The largest absolute Gasteiger partial charge is 0.415 e. The molecule has 2 fully saturated rings. The van der Waals surface area contributed by atoms with Crippen LogP contribution in [0.4, 0.5) is 4.79 Å². The lowest BCUT2D eigenvalue weighted by Gasteiger charge is -2.39. The van der Waals surface area contributed by atoms with E-state index in [4.69, 9.17) is 10.5 Å². The van der Waals surface area contributed by atoms with E-state index < -0.39 is 0 Å². The van der Waals surface area contributed by atoms with Gasteiger partial charge in [-0.05, 0) is 31.9 Å². The van der Waals surface area contributed by atoms with Crippen LogP contribution in [0.1, 0.15) is 19.8 Å². The molecule has 8 heteroatoms. The SMILES string of the molecule is CC(C(=O)N1CCC(C(N)=O)CC1)N1CCN(C(=O)Oc2ccccc2)CC1. The lowest BCUT2D eigenvalue weighted by molar-refractivity contribution is -0.140. The third kappa shape index (κ3) is 4.81. The van der Waals surface area contributed by atoms with Gasteiger partial charge in [-0.1, -0.05) is 18.2 Å². The van der Waals surface area contributed by atoms with Gasteiger partial charge in [0.05, 0.1) is 6.04 Å². The third-order valence-corrected chi connectivity index (χ3v) is 5.63. The van der Waals surface area contributed by atoms with E-state index in [0.29, 0.717) is 57.9 Å². The molecule has 0 aromatic heterocycles. The van der Waals surface area contributed by atoms with Crippen molar-refractivity contribution in [3.8, 4) is 5.75 Å². The van der Waals surface area contributed by atoms with Crippen LogP contribution in [0.2, 0.25) is 0 Å². The number of primary amides is 1. The number of piperazine rings is 1. The van der Waals surface area contributed by atoms with E-state index in [1.807, 2.05) is 30.0 Å². The van der Waals surface area contributed by atoms with Crippen LogP contribution in [-0.2, 0) is 9.59 Å². The summed E-state index contributed by atoms with van der Waals surface area (Å²) in [6.07, 6.45) is 0.901. The minimum absolute atomic E-state index is 0.0724. The third-order valence-electron chi connectivity index (χ3n) is 5.63. The standard InChI is InChI=1S/C20H28N4O4/c1-15(19(26)23-9-7-16(8-10-23)18(21)25)22-11-13-24(14-12-22)20(27)28-17-5-3-2-4-6-17/h2-6,15-16H,7-14H2,1H3,(H2,21,25). The van der Waals surface area contributed by atoms with Crippen molar-refractivity contribution in [3.63, 3.8) is 0 Å². The van der Waals surface area contributed by atoms with Crippen LogP contribution in [0.25, 0.3) is 0 Å². The molecule has 1 aromatic carbocycles. The summed E-state index contributed by atoms with van der Waals surface area (Å²) in [5, 5.41) is 0. The van der Waals surface area contributed by atoms with Gasteiger partial charge in [-0.25, -0.2) is 4.79 Å². The Balaban J connectivity index is 1.45. The highest BCUT2D eigenvalue weighted by atomic mass is 16.6. The topological polar surface area (TPSA) is 96.2 Å². The maximum absolute atomic E-state index is 12.8. The first kappa shape index (κ1) is 20.1. The van der Waals surface area contributed by atoms with Crippen molar-refractivity contribution in [2.75, 3.05) is 39.3 Å². The first-order valence-electron chi connectivity index (χ1n) is 9.79. The highest BCUT2D eigenvalue weighted by Crippen LogP contribution is 2.19. The number of carbonyl (C=O) groups is 3. The number of nitrogens with two attached hydrogens (primary N) is 1. The molecule has 0 bridgehead atoms. The molecule has 2 N–H and O–H groups in total. The predicted molar refractivity (Wildman–Crippen MR) is 104 cm³/mol. The van der Waals surface area contributed by atoms with E-state index in [-0.39, 0.29) is 29.9 Å². The number of para-hydroxylation sites is 1. The number of benzene rings is 1. The first-order valence-corrected chi connectivity index (χ1v) is 9.79. The van der Waals surface area contributed by atoms with Crippen LogP contribution in [0, 0.1) is 5.92 Å². The van der Waals surface area contributed by atoms with E-state index in [2.05, 4.69) is 4.90 Å². The predicted octanol–water partition coefficient (Wildman–Crippen LogP) is 0.915. The molecule has 8 nitrogen and oxygen atoms in total. The lowest BCUT2D eigenvalue weighted by atomic mass is 9.96. The maximum atomic E-state index is 12.8. The Kier molecular flexibility index (Phi) is 6.51. The molecule has 2 heterocycles. The first-order chi connectivity index (χ1) is 13.5. The number of carbonyl (C=O) groups excluding carboxylic acids is 3. The number of ether oxygens (including phenoxy) is 1. The monoisotopic (exact) mass is 388 g/mol. The van der Waals surface area contributed by atoms with Crippen molar-refractivity contribution in [2.24, 2.45) is 11.7 Å². The summed E-state index contributed by atoms with van der Waals surface area (Å²) in [6, 6.07) is 8.75. The smallest absolute Gasteiger partial charge is 0.410 e. The molecule has 152 valence electrons. The zero-order valence-corrected chi connectivity index (χ0v) is 16.3. The second-order valence-corrected chi connectivity index (χ2v) is 7.38. The molecule has 3 rings (SSSR count). The van der Waals surface area contributed by atoms with E-state index in [1.54, 1.807) is 17.0 Å². The molecule has 1 atom stereocenters. The van der Waals surface area contributed by atoms with Gasteiger partial charge in [0.2, 0.25) is 11.8 Å². The summed E-state index contributed by atoms with van der Waals surface area (Å²) in [6.45, 7) is 5.32. The summed E-state index contributed by atoms with van der Waals surface area (Å²) in [5.41, 5.74) is 5.36. The molecule has 2 aliphatic heterocycles. The Hall–Kier alpha value is -2.61. The van der Waals surface area contributed by atoms with Crippen molar-refractivity contribution in [3.05, 3.63) is 30.3 Å². The molecule has 2 aliphatic rings. The van der Waals surface area contributed by atoms with Gasteiger partial charge in [0.15, 0.2) is 0 Å². The molecule has 2 saturated heterocycles. The second kappa shape index (κ2) is 9.05. The Morgan fingerprint density at radius 1 is 0.964 bits per heavy atom. The molecule has 1 aromatic rings. The Labute approximate surface area is 165 Å². The zero-order chi connectivity index (χ0) is 20.1. The van der Waals surface area contributed by atoms with Gasteiger partial charge < -0.3 is 20.3 Å². The molecule has 0 radical (unpaired) electrons. The van der Waals surface area contributed by atoms with E-state index >= 15 is 0 Å². The lowest BCUT2D eigenvalue weighted by Crippen LogP contribution is -2.56. The number of piperidine rings is 1. The zero-order valence-electron chi connectivity index (χ0n) is 16.3. The highest BCUT2D eigenvalue weighted by Gasteiger charge is 2.33. The molecule has 0 spiro atoms. The van der Waals surface area contributed by atoms with E-state index in [1.165, 1.54) is 0 Å². The molecule has 3 amide bonds. The summed E-state index contributed by atoms with van der Waals surface area (Å²) in [4.78, 5) is 41.9. The molecule has 28 heavy (non-hydrogen) atoms. The van der Waals surface area contributed by atoms with Gasteiger partial charge in [0, 0.05) is 45.2 Å². The fourth-order valence-corrected chi connectivity index (χ4v) is 3.75. The summed E-state index contributed by atoms with van der Waals surface area (Å²) in [7, 11) is 0. The van der Waals surface area contributed by atoms with Gasteiger partial charge in [0.1, 0.15) is 5.75 Å². The average Bonchev–Trinajstić information content (AvgIpc) is 2.73. The van der Waals surface area contributed by atoms with Crippen molar-refractivity contribution < 1.29 is 19.1 Å². The number of nitrogens with zero attached hydrogens (tertiary/aromatic N) is 3. The molecule has 0 saturated carbocycles. The van der Waals surface area contributed by atoms with Gasteiger partial charge in [-0.3, -0.25) is 14.5 Å². The summed E-state index contributed by atoms with van der Waals surface area (Å²) < 4.78 is 5.38. The maximum Gasteiger partial charge on any atom is 0.415 e. The number of rotatable bonds is 4. The number of hydrogen-bond acceptors (Lipinski definition) is 5. The van der Waals surface area contributed by atoms with Crippen LogP contribution in [0.5, 0.6) is 5.75 Å². The average molecular weight is 388 g/mol. The van der Waals surface area contributed by atoms with E-state index in [0.717, 1.165) is 0 Å². The van der Waals surface area contributed by atoms with E-state index in [9.17, 15) is 14.4 Å². The van der Waals surface area contributed by atoms with Gasteiger partial charge in [-0.15, -0.1) is 0 Å². The van der Waals surface area contributed by atoms with Crippen LogP contribution >= 0.6 is 0 Å².